The zero-order valence-electron chi connectivity index (χ0n) is 11.5. The van der Waals surface area contributed by atoms with Crippen molar-refractivity contribution in [1.29, 1.82) is 0 Å². The lowest BCUT2D eigenvalue weighted by molar-refractivity contribution is 0.622. The molecule has 1 aromatic heterocycles. The molecule has 0 aliphatic rings. The first kappa shape index (κ1) is 13.7. The van der Waals surface area contributed by atoms with Gasteiger partial charge < -0.3 is 10.2 Å². The van der Waals surface area contributed by atoms with E-state index in [1.165, 1.54) is 6.42 Å². The molecule has 5 nitrogen and oxygen atoms in total. The molecule has 0 radical (unpaired) electrons. The third-order valence-corrected chi connectivity index (χ3v) is 2.27. The van der Waals surface area contributed by atoms with Crippen LogP contribution in [0.2, 0.25) is 0 Å². The van der Waals surface area contributed by atoms with Crippen molar-refractivity contribution in [3.05, 3.63) is 6.20 Å². The van der Waals surface area contributed by atoms with E-state index in [0.29, 0.717) is 5.95 Å². The average Bonchev–Trinajstić information content (AvgIpc) is 2.24. The van der Waals surface area contributed by atoms with Crippen LogP contribution in [0.4, 0.5) is 11.8 Å². The highest BCUT2D eigenvalue weighted by Crippen LogP contribution is 2.13. The highest BCUT2D eigenvalue weighted by molar-refractivity contribution is 5.40. The predicted molar refractivity (Wildman–Crippen MR) is 71.4 cm³/mol. The van der Waals surface area contributed by atoms with Crippen LogP contribution in [0.5, 0.6) is 0 Å². The van der Waals surface area contributed by atoms with Gasteiger partial charge in [0.15, 0.2) is 5.82 Å². The van der Waals surface area contributed by atoms with Crippen molar-refractivity contribution in [3.8, 4) is 0 Å². The Labute approximate surface area is 104 Å². The Kier molecular flexibility index (Phi) is 4.66. The molecule has 0 unspecified atom stereocenters. The molecule has 0 saturated heterocycles. The molecule has 1 aromatic rings. The molecule has 17 heavy (non-hydrogen) atoms. The van der Waals surface area contributed by atoms with Gasteiger partial charge in [0.2, 0.25) is 5.95 Å². The normalized spacial score (nSPS) is 11.4. The number of rotatable bonds is 5. The van der Waals surface area contributed by atoms with Crippen LogP contribution >= 0.6 is 0 Å². The van der Waals surface area contributed by atoms with Gasteiger partial charge in [-0.05, 0) is 27.2 Å². The highest BCUT2D eigenvalue weighted by Gasteiger charge is 2.12. The van der Waals surface area contributed by atoms with Crippen LogP contribution in [0.1, 0.15) is 40.5 Å². The minimum atomic E-state index is -0.0533. The summed E-state index contributed by atoms with van der Waals surface area (Å²) in [6, 6.07) is 0. The van der Waals surface area contributed by atoms with Crippen molar-refractivity contribution in [2.24, 2.45) is 0 Å². The van der Waals surface area contributed by atoms with Crippen LogP contribution in [0, 0.1) is 0 Å². The number of hydrogen-bond acceptors (Lipinski definition) is 5. The lowest BCUT2D eigenvalue weighted by Crippen LogP contribution is -2.28. The maximum atomic E-state index is 4.45. The summed E-state index contributed by atoms with van der Waals surface area (Å²) >= 11 is 0. The predicted octanol–water partition coefficient (Wildman–Crippen LogP) is 2.32. The van der Waals surface area contributed by atoms with Crippen molar-refractivity contribution < 1.29 is 0 Å². The van der Waals surface area contributed by atoms with Crippen LogP contribution < -0.4 is 10.2 Å². The zero-order chi connectivity index (χ0) is 12.9. The number of aromatic nitrogens is 3. The molecule has 96 valence electrons. The van der Waals surface area contributed by atoms with Gasteiger partial charge in [0.25, 0.3) is 0 Å². The maximum absolute atomic E-state index is 4.45. The van der Waals surface area contributed by atoms with Gasteiger partial charge in [-0.3, -0.25) is 0 Å². The first-order chi connectivity index (χ1) is 7.92. The lowest BCUT2D eigenvalue weighted by Gasteiger charge is -2.22. The van der Waals surface area contributed by atoms with Crippen LogP contribution in [0.3, 0.4) is 0 Å². The van der Waals surface area contributed by atoms with Gasteiger partial charge in [-0.25, -0.2) is 0 Å². The van der Waals surface area contributed by atoms with Crippen molar-refractivity contribution in [2.45, 2.75) is 46.1 Å². The van der Waals surface area contributed by atoms with Gasteiger partial charge in [0.1, 0.15) is 0 Å². The second kappa shape index (κ2) is 5.80. The van der Waals surface area contributed by atoms with E-state index >= 15 is 0 Å². The molecule has 1 heterocycles. The smallest absolute Gasteiger partial charge is 0.245 e. The van der Waals surface area contributed by atoms with Gasteiger partial charge in [0, 0.05) is 19.1 Å². The molecule has 0 aliphatic carbocycles. The second-order valence-electron chi connectivity index (χ2n) is 5.29. The van der Waals surface area contributed by atoms with E-state index < -0.39 is 0 Å². The summed E-state index contributed by atoms with van der Waals surface area (Å²) < 4.78 is 0. The molecule has 0 aromatic carbocycles. The van der Waals surface area contributed by atoms with Crippen molar-refractivity contribution >= 4 is 11.8 Å². The molecular weight excluding hydrogens is 214 g/mol. The van der Waals surface area contributed by atoms with Gasteiger partial charge in [-0.15, -0.1) is 5.10 Å². The van der Waals surface area contributed by atoms with Gasteiger partial charge in [-0.1, -0.05) is 13.3 Å². The van der Waals surface area contributed by atoms with Gasteiger partial charge in [-0.2, -0.15) is 10.1 Å². The van der Waals surface area contributed by atoms with E-state index in [4.69, 9.17) is 0 Å². The Balaban J connectivity index is 2.71. The summed E-state index contributed by atoms with van der Waals surface area (Å²) in [5.74, 6) is 1.44. The number of hydrogen-bond donors (Lipinski definition) is 1. The van der Waals surface area contributed by atoms with Crippen molar-refractivity contribution in [1.82, 2.24) is 15.2 Å². The standard InChI is InChI=1S/C12H23N5/c1-6-7-8-17(5)10-9-13-16-11(14-10)15-12(2,3)4/h9H,6-8H2,1-5H3,(H,14,15,16). The first-order valence-electron chi connectivity index (χ1n) is 6.11. The molecule has 0 aliphatic heterocycles. The summed E-state index contributed by atoms with van der Waals surface area (Å²) in [5.41, 5.74) is -0.0533. The van der Waals surface area contributed by atoms with E-state index in [-0.39, 0.29) is 5.54 Å². The number of anilines is 2. The summed E-state index contributed by atoms with van der Waals surface area (Å²) in [5, 5.41) is 11.2. The third kappa shape index (κ3) is 4.97. The van der Waals surface area contributed by atoms with Gasteiger partial charge >= 0.3 is 0 Å². The molecule has 1 rings (SSSR count). The van der Waals surface area contributed by atoms with Crippen LogP contribution in [0.25, 0.3) is 0 Å². The van der Waals surface area contributed by atoms with Crippen LogP contribution in [-0.4, -0.2) is 34.3 Å². The topological polar surface area (TPSA) is 53.9 Å². The van der Waals surface area contributed by atoms with E-state index in [1.54, 1.807) is 6.20 Å². The third-order valence-electron chi connectivity index (χ3n) is 2.27. The number of unbranched alkanes of at least 4 members (excludes halogenated alkanes) is 1. The molecule has 1 N–H and O–H groups in total. The SMILES string of the molecule is CCCCN(C)c1cnnc(NC(C)(C)C)n1. The first-order valence-corrected chi connectivity index (χ1v) is 6.11. The van der Waals surface area contributed by atoms with E-state index in [1.807, 2.05) is 7.05 Å². The van der Waals surface area contributed by atoms with E-state index in [9.17, 15) is 0 Å². The maximum Gasteiger partial charge on any atom is 0.245 e. The fraction of sp³-hybridized carbons (Fsp3) is 0.750. The second-order valence-corrected chi connectivity index (χ2v) is 5.29. The minimum Gasteiger partial charge on any atom is -0.358 e. The largest absolute Gasteiger partial charge is 0.358 e. The van der Waals surface area contributed by atoms with Crippen LogP contribution in [-0.2, 0) is 0 Å². The number of nitrogens with zero attached hydrogens (tertiary/aromatic N) is 4. The summed E-state index contributed by atoms with van der Waals surface area (Å²) in [4.78, 5) is 6.56. The van der Waals surface area contributed by atoms with Gasteiger partial charge in [0.05, 0.1) is 6.20 Å². The van der Waals surface area contributed by atoms with Crippen LogP contribution in [0.15, 0.2) is 6.20 Å². The average molecular weight is 237 g/mol. The summed E-state index contributed by atoms with van der Waals surface area (Å²) in [6.45, 7) is 9.39. The monoisotopic (exact) mass is 237 g/mol. The molecule has 0 bridgehead atoms. The minimum absolute atomic E-state index is 0.0533. The van der Waals surface area contributed by atoms with Crippen molar-refractivity contribution in [3.63, 3.8) is 0 Å². The van der Waals surface area contributed by atoms with E-state index in [2.05, 4.69) is 53.1 Å². The molecule has 0 fully saturated rings. The molecule has 0 amide bonds. The molecule has 5 heteroatoms. The summed E-state index contributed by atoms with van der Waals surface area (Å²) in [6.07, 6.45) is 4.03. The molecule has 0 spiro atoms. The Morgan fingerprint density at radius 1 is 1.35 bits per heavy atom. The lowest BCUT2D eigenvalue weighted by atomic mass is 10.1. The summed E-state index contributed by atoms with van der Waals surface area (Å²) in [7, 11) is 2.03. The van der Waals surface area contributed by atoms with Crippen molar-refractivity contribution in [2.75, 3.05) is 23.8 Å². The fourth-order valence-corrected chi connectivity index (χ4v) is 1.38. The Morgan fingerprint density at radius 2 is 2.06 bits per heavy atom. The van der Waals surface area contributed by atoms with E-state index in [0.717, 1.165) is 18.8 Å². The Morgan fingerprint density at radius 3 is 2.65 bits per heavy atom. The molecule has 0 saturated carbocycles. The fourth-order valence-electron chi connectivity index (χ4n) is 1.38. The quantitative estimate of drug-likeness (QED) is 0.851. The zero-order valence-corrected chi connectivity index (χ0v) is 11.5. The molecular formula is C12H23N5. The number of nitrogens with one attached hydrogen (secondary N) is 1. The Hall–Kier alpha value is -1.39. The molecule has 0 atom stereocenters. The highest BCUT2D eigenvalue weighted by atomic mass is 15.3. The Bertz CT molecular complexity index is 345.